The SMILES string of the molecule is CS(=O)(=O)O.F.[Fe]. The molecule has 0 aliphatic carbocycles. The van der Waals surface area contributed by atoms with E-state index in [2.05, 4.69) is 0 Å². The van der Waals surface area contributed by atoms with Crippen LogP contribution in [0.25, 0.3) is 0 Å². The molecule has 0 aromatic heterocycles. The predicted octanol–water partition coefficient (Wildman–Crippen LogP) is -0.346. The molecule has 6 heteroatoms. The summed E-state index contributed by atoms with van der Waals surface area (Å²) < 4.78 is 25.9. The third-order valence-corrected chi connectivity index (χ3v) is 0. The molecule has 0 aliphatic heterocycles. The standard InChI is InChI=1S/CH4O3S.FH.Fe/c1-5(2,3)4;;/h1H3,(H,2,3,4);1H;. The molecule has 0 radical (unpaired) electrons. The zero-order valence-corrected chi connectivity index (χ0v) is 5.35. The molecule has 0 bridgehead atoms. The van der Waals surface area contributed by atoms with Gasteiger partial charge in [-0.25, -0.2) is 0 Å². The molecule has 3 nitrogen and oxygen atoms in total. The molecule has 0 fully saturated rings. The first-order valence-corrected chi connectivity index (χ1v) is 2.77. The van der Waals surface area contributed by atoms with Crippen LogP contribution < -0.4 is 0 Å². The van der Waals surface area contributed by atoms with Crippen LogP contribution in [-0.4, -0.2) is 19.2 Å². The number of halogens is 1. The van der Waals surface area contributed by atoms with Gasteiger partial charge in [0, 0.05) is 17.1 Å². The Labute approximate surface area is 51.7 Å². The van der Waals surface area contributed by atoms with Gasteiger partial charge in [0.1, 0.15) is 0 Å². The molecule has 48 valence electrons. The quantitative estimate of drug-likeness (QED) is 0.401. The minimum absolute atomic E-state index is 0. The first kappa shape index (κ1) is 15.7. The largest absolute Gasteiger partial charge is 0.286 e. The van der Waals surface area contributed by atoms with Crippen molar-refractivity contribution in [1.29, 1.82) is 0 Å². The summed E-state index contributed by atoms with van der Waals surface area (Å²) in [5.74, 6) is 0. The van der Waals surface area contributed by atoms with E-state index in [1.165, 1.54) is 0 Å². The molecule has 0 aliphatic rings. The minimum Gasteiger partial charge on any atom is -0.286 e. The van der Waals surface area contributed by atoms with Crippen LogP contribution in [0.4, 0.5) is 4.70 Å². The van der Waals surface area contributed by atoms with E-state index < -0.39 is 10.1 Å². The molecule has 7 heavy (non-hydrogen) atoms. The van der Waals surface area contributed by atoms with Crippen molar-refractivity contribution in [2.24, 2.45) is 0 Å². The maximum atomic E-state index is 9.19. The summed E-state index contributed by atoms with van der Waals surface area (Å²) in [5.41, 5.74) is 0. The Morgan fingerprint density at radius 1 is 1.43 bits per heavy atom. The van der Waals surface area contributed by atoms with Gasteiger partial charge in [0.15, 0.2) is 0 Å². The first-order valence-electron chi connectivity index (χ1n) is 0.924. The van der Waals surface area contributed by atoms with Crippen LogP contribution in [0, 0.1) is 0 Å². The summed E-state index contributed by atoms with van der Waals surface area (Å²) in [4.78, 5) is 0. The number of hydrogen-bond acceptors (Lipinski definition) is 2. The first-order chi connectivity index (χ1) is 2.00. The third-order valence-electron chi connectivity index (χ3n) is 0. The smallest absolute Gasteiger partial charge is 0.261 e. The van der Waals surface area contributed by atoms with E-state index in [0.29, 0.717) is 6.26 Å². The molecule has 0 saturated carbocycles. The van der Waals surface area contributed by atoms with Crippen molar-refractivity contribution in [2.45, 2.75) is 0 Å². The van der Waals surface area contributed by atoms with Crippen molar-refractivity contribution >= 4 is 10.1 Å². The zero-order valence-electron chi connectivity index (χ0n) is 3.43. The number of hydrogen-bond donors (Lipinski definition) is 1. The van der Waals surface area contributed by atoms with Crippen LogP contribution in [-0.2, 0) is 27.2 Å². The summed E-state index contributed by atoms with van der Waals surface area (Å²) in [5, 5.41) is 0. The van der Waals surface area contributed by atoms with E-state index in [0.717, 1.165) is 0 Å². The minimum atomic E-state index is -3.67. The molecule has 0 rings (SSSR count). The van der Waals surface area contributed by atoms with Gasteiger partial charge in [0.05, 0.1) is 6.26 Å². The topological polar surface area (TPSA) is 54.4 Å². The normalized spacial score (nSPS) is 8.29. The van der Waals surface area contributed by atoms with Crippen molar-refractivity contribution in [3.8, 4) is 0 Å². The monoisotopic (exact) mass is 172 g/mol. The second kappa shape index (κ2) is 4.52. The predicted molar refractivity (Wildman–Crippen MR) is 20.0 cm³/mol. The maximum absolute atomic E-state index is 9.19. The molecule has 0 aromatic carbocycles. The fourth-order valence-electron chi connectivity index (χ4n) is 0. The Morgan fingerprint density at radius 2 is 1.43 bits per heavy atom. The van der Waals surface area contributed by atoms with Gasteiger partial charge in [-0.3, -0.25) is 9.26 Å². The Hall–Kier alpha value is 0.359. The van der Waals surface area contributed by atoms with Crippen LogP contribution in [0.3, 0.4) is 0 Å². The van der Waals surface area contributed by atoms with Crippen molar-refractivity contribution in [1.82, 2.24) is 0 Å². The third kappa shape index (κ3) is 935. The number of rotatable bonds is 0. The average molecular weight is 172 g/mol. The van der Waals surface area contributed by atoms with Gasteiger partial charge in [-0.2, -0.15) is 8.42 Å². The molecular weight excluding hydrogens is 167 g/mol. The Morgan fingerprint density at radius 3 is 1.43 bits per heavy atom. The van der Waals surface area contributed by atoms with Gasteiger partial charge in [0.25, 0.3) is 10.1 Å². The molecular formula is CH5FFeO3S. The second-order valence-electron chi connectivity index (χ2n) is 0.733. The van der Waals surface area contributed by atoms with Gasteiger partial charge in [-0.15, -0.1) is 0 Å². The van der Waals surface area contributed by atoms with Gasteiger partial charge in [0.2, 0.25) is 0 Å². The van der Waals surface area contributed by atoms with E-state index in [1.807, 2.05) is 0 Å². The summed E-state index contributed by atoms with van der Waals surface area (Å²) in [6.45, 7) is 0. The van der Waals surface area contributed by atoms with Gasteiger partial charge < -0.3 is 0 Å². The summed E-state index contributed by atoms with van der Waals surface area (Å²) in [7, 11) is -3.67. The van der Waals surface area contributed by atoms with E-state index >= 15 is 0 Å². The van der Waals surface area contributed by atoms with Crippen LogP contribution >= 0.6 is 0 Å². The van der Waals surface area contributed by atoms with Crippen molar-refractivity contribution < 1.29 is 34.7 Å². The molecule has 1 N–H and O–H groups in total. The fraction of sp³-hybridized carbons (Fsp3) is 1.00. The van der Waals surface area contributed by atoms with Gasteiger partial charge in [-0.1, -0.05) is 0 Å². The van der Waals surface area contributed by atoms with E-state index in [1.54, 1.807) is 0 Å². The molecule has 0 heterocycles. The molecule has 0 spiro atoms. The Bertz CT molecular complexity index is 98.1. The van der Waals surface area contributed by atoms with Gasteiger partial charge in [-0.05, 0) is 0 Å². The van der Waals surface area contributed by atoms with E-state index in [9.17, 15) is 8.42 Å². The summed E-state index contributed by atoms with van der Waals surface area (Å²) in [6.07, 6.45) is 0.715. The van der Waals surface area contributed by atoms with Crippen LogP contribution in [0.1, 0.15) is 0 Å². The summed E-state index contributed by atoms with van der Waals surface area (Å²) in [6, 6.07) is 0. The average Bonchev–Trinajstić information content (AvgIpc) is 0.722. The van der Waals surface area contributed by atoms with Crippen molar-refractivity contribution in [2.75, 3.05) is 6.26 Å². The van der Waals surface area contributed by atoms with Crippen LogP contribution in [0.2, 0.25) is 0 Å². The molecule has 0 saturated heterocycles. The van der Waals surface area contributed by atoms with Gasteiger partial charge >= 0.3 is 0 Å². The zero-order chi connectivity index (χ0) is 4.50. The van der Waals surface area contributed by atoms with Crippen LogP contribution in [0.5, 0.6) is 0 Å². The molecule has 0 atom stereocenters. The van der Waals surface area contributed by atoms with E-state index in [4.69, 9.17) is 4.55 Å². The molecule has 0 amide bonds. The second-order valence-corrected chi connectivity index (χ2v) is 2.20. The van der Waals surface area contributed by atoms with Crippen molar-refractivity contribution in [3.63, 3.8) is 0 Å². The van der Waals surface area contributed by atoms with Crippen molar-refractivity contribution in [3.05, 3.63) is 0 Å². The Balaban J connectivity index is -0.0000000800. The Kier molecular flexibility index (Phi) is 10.1. The van der Waals surface area contributed by atoms with Crippen LogP contribution in [0.15, 0.2) is 0 Å². The maximum Gasteiger partial charge on any atom is 0.261 e. The summed E-state index contributed by atoms with van der Waals surface area (Å²) >= 11 is 0. The fourth-order valence-corrected chi connectivity index (χ4v) is 0. The molecule has 0 unspecified atom stereocenters. The van der Waals surface area contributed by atoms with E-state index in [-0.39, 0.29) is 21.8 Å². The molecule has 0 aromatic rings.